The molecule has 2 atom stereocenters. The van der Waals surface area contributed by atoms with E-state index in [2.05, 4.69) is 10.3 Å². The summed E-state index contributed by atoms with van der Waals surface area (Å²) >= 11 is 0. The topological polar surface area (TPSA) is 42.7 Å². The predicted octanol–water partition coefficient (Wildman–Crippen LogP) is 4.73. The molecule has 0 aliphatic heterocycles. The van der Waals surface area contributed by atoms with Crippen LogP contribution in [0.3, 0.4) is 0 Å². The molecule has 2 heterocycles. The summed E-state index contributed by atoms with van der Waals surface area (Å²) in [6, 6.07) is 11.8. The summed E-state index contributed by atoms with van der Waals surface area (Å²) < 4.78 is 29.6. The van der Waals surface area contributed by atoms with E-state index in [-0.39, 0.29) is 11.9 Å². The van der Waals surface area contributed by atoms with Crippen molar-refractivity contribution in [3.63, 3.8) is 0 Å². The van der Waals surface area contributed by atoms with Gasteiger partial charge in [0.25, 0.3) is 0 Å². The summed E-state index contributed by atoms with van der Waals surface area (Å²) in [5, 5.41) is 8.26. The first-order chi connectivity index (χ1) is 14.0. The van der Waals surface area contributed by atoms with E-state index in [4.69, 9.17) is 5.10 Å². The minimum Gasteiger partial charge on any atom is -0.308 e. The molecule has 1 aliphatic rings. The number of pyridine rings is 1. The largest absolute Gasteiger partial charge is 0.308 e. The molecule has 1 fully saturated rings. The van der Waals surface area contributed by atoms with Crippen LogP contribution in [0.2, 0.25) is 0 Å². The second-order valence-corrected chi connectivity index (χ2v) is 7.84. The number of benzene rings is 1. The maximum absolute atomic E-state index is 14.2. The molecule has 152 valence electrons. The molecule has 0 radical (unpaired) electrons. The lowest BCUT2D eigenvalue weighted by Gasteiger charge is -2.10. The maximum Gasteiger partial charge on any atom is 0.145 e. The summed E-state index contributed by atoms with van der Waals surface area (Å²) in [6.45, 7) is 4.82. The summed E-state index contributed by atoms with van der Waals surface area (Å²) in [7, 11) is 0. The lowest BCUT2D eigenvalue weighted by atomic mass is 10.1. The van der Waals surface area contributed by atoms with Crippen molar-refractivity contribution < 1.29 is 8.78 Å². The normalized spacial score (nSPS) is 19.0. The minimum absolute atomic E-state index is 0.186. The molecule has 4 rings (SSSR count). The zero-order valence-electron chi connectivity index (χ0n) is 16.8. The van der Waals surface area contributed by atoms with Crippen LogP contribution in [-0.4, -0.2) is 27.0 Å². The molecule has 0 saturated heterocycles. The van der Waals surface area contributed by atoms with E-state index in [1.807, 2.05) is 41.9 Å². The van der Waals surface area contributed by atoms with E-state index < -0.39 is 6.17 Å². The molecule has 1 aromatic carbocycles. The fourth-order valence-electron chi connectivity index (χ4n) is 3.99. The van der Waals surface area contributed by atoms with Crippen molar-refractivity contribution in [2.45, 2.75) is 58.4 Å². The number of aryl methyl sites for hydroxylation is 1. The van der Waals surface area contributed by atoms with E-state index in [9.17, 15) is 8.78 Å². The van der Waals surface area contributed by atoms with Gasteiger partial charge in [-0.3, -0.25) is 9.67 Å². The first kappa shape index (κ1) is 19.7. The summed E-state index contributed by atoms with van der Waals surface area (Å²) in [6.07, 6.45) is 3.03. The molecule has 2 aromatic heterocycles. The van der Waals surface area contributed by atoms with Crippen molar-refractivity contribution in [2.24, 2.45) is 0 Å². The Bertz CT molecular complexity index is 984. The summed E-state index contributed by atoms with van der Waals surface area (Å²) in [5.74, 6) is -0.325. The van der Waals surface area contributed by atoms with Crippen LogP contribution in [0.15, 0.2) is 42.6 Å². The number of hydrogen-bond donors (Lipinski definition) is 1. The fourth-order valence-corrected chi connectivity index (χ4v) is 3.99. The standard InChI is InChI=1S/C23H26F2N4/c1-15-22(13-27-20-9-8-19(24)11-20)28-29(14-17-6-4-3-5-7-17)23(15)18-10-21(25)16(2)26-12-18/h3-7,10,12,19-20,27H,8-9,11,13-14H2,1-2H3/t19-,20+/m1/s1. The van der Waals surface area contributed by atoms with Gasteiger partial charge in [0.1, 0.15) is 12.0 Å². The van der Waals surface area contributed by atoms with E-state index in [0.29, 0.717) is 37.2 Å². The molecule has 0 amide bonds. The fraction of sp³-hybridized carbons (Fsp3) is 0.391. The van der Waals surface area contributed by atoms with Crippen molar-refractivity contribution in [2.75, 3.05) is 0 Å². The number of halogens is 2. The number of rotatable bonds is 6. The highest BCUT2D eigenvalue weighted by Crippen LogP contribution is 2.28. The molecule has 0 bridgehead atoms. The third-order valence-corrected chi connectivity index (χ3v) is 5.69. The molecule has 6 heteroatoms. The highest BCUT2D eigenvalue weighted by molar-refractivity contribution is 5.64. The zero-order valence-corrected chi connectivity index (χ0v) is 16.8. The third kappa shape index (κ3) is 4.37. The van der Waals surface area contributed by atoms with Crippen molar-refractivity contribution in [1.29, 1.82) is 0 Å². The predicted molar refractivity (Wildman–Crippen MR) is 110 cm³/mol. The Hall–Kier alpha value is -2.60. The number of nitrogens with zero attached hydrogens (tertiary/aromatic N) is 3. The first-order valence-corrected chi connectivity index (χ1v) is 10.1. The lowest BCUT2D eigenvalue weighted by Crippen LogP contribution is -2.26. The average Bonchev–Trinajstić information content (AvgIpc) is 3.26. The van der Waals surface area contributed by atoms with Crippen LogP contribution in [0.4, 0.5) is 8.78 Å². The Balaban J connectivity index is 1.66. The highest BCUT2D eigenvalue weighted by atomic mass is 19.1. The number of aromatic nitrogens is 3. The zero-order chi connectivity index (χ0) is 20.4. The van der Waals surface area contributed by atoms with Crippen LogP contribution in [-0.2, 0) is 13.1 Å². The molecule has 4 nitrogen and oxygen atoms in total. The van der Waals surface area contributed by atoms with Gasteiger partial charge >= 0.3 is 0 Å². The van der Waals surface area contributed by atoms with Crippen LogP contribution in [0.5, 0.6) is 0 Å². The maximum atomic E-state index is 14.2. The Morgan fingerprint density at radius 1 is 1.17 bits per heavy atom. The van der Waals surface area contributed by atoms with Crippen LogP contribution in [0.25, 0.3) is 11.3 Å². The number of hydrogen-bond acceptors (Lipinski definition) is 3. The van der Waals surface area contributed by atoms with Crippen LogP contribution < -0.4 is 5.32 Å². The van der Waals surface area contributed by atoms with E-state index in [1.54, 1.807) is 13.1 Å². The van der Waals surface area contributed by atoms with Gasteiger partial charge in [-0.2, -0.15) is 5.10 Å². The molecule has 1 saturated carbocycles. The van der Waals surface area contributed by atoms with Crippen LogP contribution in [0, 0.1) is 19.7 Å². The Labute approximate surface area is 170 Å². The smallest absolute Gasteiger partial charge is 0.145 e. The van der Waals surface area contributed by atoms with Crippen LogP contribution >= 0.6 is 0 Å². The molecular formula is C23H26F2N4. The number of nitrogens with one attached hydrogen (secondary N) is 1. The van der Waals surface area contributed by atoms with Gasteiger partial charge in [0.2, 0.25) is 0 Å². The van der Waals surface area contributed by atoms with Crippen molar-refractivity contribution in [3.05, 3.63) is 70.9 Å². The molecule has 1 N–H and O–H groups in total. The lowest BCUT2D eigenvalue weighted by molar-refractivity contribution is 0.333. The van der Waals surface area contributed by atoms with Gasteiger partial charge in [0.05, 0.1) is 23.6 Å². The average molecular weight is 396 g/mol. The van der Waals surface area contributed by atoms with Crippen LogP contribution in [0.1, 0.15) is 41.8 Å². The Kier molecular flexibility index (Phi) is 5.72. The van der Waals surface area contributed by atoms with Crippen molar-refractivity contribution in [3.8, 4) is 11.3 Å². The Morgan fingerprint density at radius 3 is 2.66 bits per heavy atom. The first-order valence-electron chi connectivity index (χ1n) is 10.1. The second-order valence-electron chi connectivity index (χ2n) is 7.84. The SMILES string of the molecule is Cc1ncc(-c2c(C)c(CN[C@H]3CC[C@@H](F)C3)nn2Cc2ccccc2)cc1F. The number of alkyl halides is 1. The highest BCUT2D eigenvalue weighted by Gasteiger charge is 2.25. The molecule has 29 heavy (non-hydrogen) atoms. The molecule has 3 aromatic rings. The summed E-state index contributed by atoms with van der Waals surface area (Å²) in [5.41, 5.74) is 4.97. The van der Waals surface area contributed by atoms with Crippen molar-refractivity contribution >= 4 is 0 Å². The van der Waals surface area contributed by atoms with Gasteiger partial charge in [0.15, 0.2) is 0 Å². The van der Waals surface area contributed by atoms with E-state index >= 15 is 0 Å². The third-order valence-electron chi connectivity index (χ3n) is 5.69. The van der Waals surface area contributed by atoms with Gasteiger partial charge in [-0.05, 0) is 50.3 Å². The monoisotopic (exact) mass is 396 g/mol. The van der Waals surface area contributed by atoms with E-state index in [1.165, 1.54) is 6.07 Å². The van der Waals surface area contributed by atoms with Crippen molar-refractivity contribution in [1.82, 2.24) is 20.1 Å². The summed E-state index contributed by atoms with van der Waals surface area (Å²) in [4.78, 5) is 4.20. The van der Waals surface area contributed by atoms with Gasteiger partial charge in [0, 0.05) is 24.3 Å². The van der Waals surface area contributed by atoms with Gasteiger partial charge in [-0.1, -0.05) is 30.3 Å². The molecule has 1 aliphatic carbocycles. The van der Waals surface area contributed by atoms with Gasteiger partial charge < -0.3 is 5.32 Å². The molecule has 0 unspecified atom stereocenters. The Morgan fingerprint density at radius 2 is 1.97 bits per heavy atom. The van der Waals surface area contributed by atoms with E-state index in [0.717, 1.165) is 28.9 Å². The minimum atomic E-state index is -0.707. The second kappa shape index (κ2) is 8.41. The molecule has 0 spiro atoms. The molecular weight excluding hydrogens is 370 g/mol. The van der Waals surface area contributed by atoms with Gasteiger partial charge in [-0.15, -0.1) is 0 Å². The van der Waals surface area contributed by atoms with Gasteiger partial charge in [-0.25, -0.2) is 8.78 Å². The quantitative estimate of drug-likeness (QED) is 0.655.